The summed E-state index contributed by atoms with van der Waals surface area (Å²) in [7, 11) is -0.145. The van der Waals surface area contributed by atoms with Crippen LogP contribution in [0.3, 0.4) is 0 Å². The lowest BCUT2D eigenvalue weighted by Crippen LogP contribution is -2.39. The number of rotatable bonds is 16. The second kappa shape index (κ2) is 25.0. The summed E-state index contributed by atoms with van der Waals surface area (Å²) in [6.07, 6.45) is 1.29. The number of carboxylic acid groups (broad SMARTS) is 1. The van der Waals surface area contributed by atoms with Gasteiger partial charge in [-0.25, -0.2) is 14.8 Å². The number of pyridine rings is 1. The summed E-state index contributed by atoms with van der Waals surface area (Å²) in [6, 6.07) is 25.4. The number of hydrazone groups is 1. The Kier molecular flexibility index (Phi) is 19.3. The average Bonchev–Trinajstić information content (AvgIpc) is 3.66. The number of aromatic amines is 1. The number of unbranched alkanes of at least 4 members (excludes halogenated alkanes) is 3. The maximum absolute atomic E-state index is 14.1. The van der Waals surface area contributed by atoms with Crippen molar-refractivity contribution in [3.63, 3.8) is 0 Å². The third kappa shape index (κ3) is 16.5. The van der Waals surface area contributed by atoms with Gasteiger partial charge in [0.25, 0.3) is 11.8 Å². The number of esters is 1. The maximum atomic E-state index is 14.1. The Morgan fingerprint density at radius 2 is 1.64 bits per heavy atom. The van der Waals surface area contributed by atoms with Crippen LogP contribution in [0.15, 0.2) is 96.2 Å². The summed E-state index contributed by atoms with van der Waals surface area (Å²) >= 11 is 0. The van der Waals surface area contributed by atoms with Crippen LogP contribution in [0, 0.1) is 0 Å². The first-order valence-electron chi connectivity index (χ1n) is 20.0. The molecule has 1 atom stereocenters. The smallest absolute Gasteiger partial charge is 0.475 e. The topological polar surface area (TPSA) is 263 Å². The van der Waals surface area contributed by atoms with Crippen molar-refractivity contribution in [3.8, 4) is 0 Å². The minimum atomic E-state index is -5.08. The Balaban J connectivity index is 0.000000773. The molecule has 66 heavy (non-hydrogen) atoms. The number of hydrogen-bond donors (Lipinski definition) is 5. The second-order valence-corrected chi connectivity index (χ2v) is 14.8. The minimum Gasteiger partial charge on any atom is -0.475 e. The van der Waals surface area contributed by atoms with Crippen molar-refractivity contribution in [2.24, 2.45) is 5.10 Å². The molecule has 3 aromatic carbocycles. The van der Waals surface area contributed by atoms with Crippen molar-refractivity contribution in [1.29, 1.82) is 0 Å². The van der Waals surface area contributed by atoms with E-state index in [1.807, 2.05) is 60.7 Å². The van der Waals surface area contributed by atoms with E-state index in [2.05, 4.69) is 31.1 Å². The lowest BCUT2D eigenvalue weighted by Gasteiger charge is -2.23. The number of carbonyl (C=O) groups is 5. The van der Waals surface area contributed by atoms with Crippen LogP contribution in [-0.4, -0.2) is 118 Å². The van der Waals surface area contributed by atoms with Crippen molar-refractivity contribution in [3.05, 3.63) is 119 Å². The van der Waals surface area contributed by atoms with Gasteiger partial charge < -0.3 is 35.3 Å². The molecule has 19 nitrogen and oxygen atoms in total. The Labute approximate surface area is 377 Å². The quantitative estimate of drug-likeness (QED) is 0.0378. The second-order valence-electron chi connectivity index (χ2n) is 14.4. The SMILES string of the molecule is COC(=O)C[C@@H]1Nc2ccc(C(=O)N(CCCCCCNC(=O)c3ccc(N/N=C/c4ccccc4)nc3)Cc3nc4ccccc4[nH]3)cc2CN(C)C1=O.O=C(O)C(F)(F)F.O=S(=O)=O. The van der Waals surface area contributed by atoms with Crippen LogP contribution in [0.4, 0.5) is 24.7 Å². The number of nitrogens with zero attached hydrogens (tertiary/aromatic N) is 5. The summed E-state index contributed by atoms with van der Waals surface area (Å²) in [5, 5.41) is 17.4. The highest BCUT2D eigenvalue weighted by Gasteiger charge is 2.38. The minimum absolute atomic E-state index is 0.104. The average molecular weight is 938 g/mol. The number of anilines is 2. The van der Waals surface area contributed by atoms with Crippen LogP contribution in [-0.2, 0) is 42.8 Å². The number of aliphatic carboxylic acids is 1. The van der Waals surface area contributed by atoms with Crippen molar-refractivity contribution in [1.82, 2.24) is 30.1 Å². The molecule has 2 aromatic heterocycles. The van der Waals surface area contributed by atoms with E-state index < -0.39 is 34.8 Å². The number of carbonyl (C=O) groups excluding carboxylic acids is 4. The number of carboxylic acids is 1. The first kappa shape index (κ1) is 50.9. The maximum Gasteiger partial charge on any atom is 0.490 e. The molecular formula is C43H46F3N9O10S. The van der Waals surface area contributed by atoms with Crippen LogP contribution in [0.2, 0.25) is 0 Å². The molecule has 3 amide bonds. The molecule has 5 N–H and O–H groups in total. The molecule has 0 aliphatic carbocycles. The fraction of sp³-hybridized carbons (Fsp3) is 0.302. The summed E-state index contributed by atoms with van der Waals surface area (Å²) in [5.74, 6) is -2.61. The zero-order valence-corrected chi connectivity index (χ0v) is 36.4. The van der Waals surface area contributed by atoms with Gasteiger partial charge in [-0.15, -0.1) is 12.6 Å². The molecule has 0 fully saturated rings. The Morgan fingerprint density at radius 1 is 0.970 bits per heavy atom. The van der Waals surface area contributed by atoms with Gasteiger partial charge in [0.2, 0.25) is 5.91 Å². The fourth-order valence-electron chi connectivity index (χ4n) is 6.32. The van der Waals surface area contributed by atoms with Gasteiger partial charge in [0.15, 0.2) is 0 Å². The predicted molar refractivity (Wildman–Crippen MR) is 234 cm³/mol. The Bertz CT molecular complexity index is 2560. The van der Waals surface area contributed by atoms with Gasteiger partial charge in [0.05, 0.1) is 42.9 Å². The predicted octanol–water partition coefficient (Wildman–Crippen LogP) is 4.98. The lowest BCUT2D eigenvalue weighted by atomic mass is 10.1. The van der Waals surface area contributed by atoms with Crippen molar-refractivity contribution < 1.29 is 59.6 Å². The number of aromatic nitrogens is 3. The third-order valence-corrected chi connectivity index (χ3v) is 9.53. The normalized spacial score (nSPS) is 13.1. The standard InChI is InChI=1S/C41H45N9O5.C2HF3O2.O3S/c1-49-26-31-22-29(16-18-32(31)45-35(41(49)54)23-38(51)55-2)40(53)50(27-37-46-33-14-8-9-15-34(33)47-37)21-11-4-3-10-20-42-39(52)30-17-19-36(43-25-30)48-44-24-28-12-6-5-7-13-28;3-2(4,5)1(6)7;1-4(2)3/h5-9,12-19,22,24-25,35,45H,3-4,10-11,20-21,23,26-27H2,1-2H3,(H,42,52)(H,43,48)(H,46,47);(H,6,7);/b44-24+;;/t35-;;/m0../s1. The number of imidazole rings is 1. The first-order chi connectivity index (χ1) is 31.4. The number of fused-ring (bicyclic) bond motifs is 2. The van der Waals surface area contributed by atoms with Gasteiger partial charge in [-0.05, 0) is 66.4 Å². The lowest BCUT2D eigenvalue weighted by molar-refractivity contribution is -0.192. The fourth-order valence-corrected chi connectivity index (χ4v) is 6.32. The van der Waals surface area contributed by atoms with E-state index in [-0.39, 0.29) is 30.7 Å². The summed E-state index contributed by atoms with van der Waals surface area (Å²) in [4.78, 5) is 76.3. The molecule has 0 saturated carbocycles. The number of nitrogens with one attached hydrogen (secondary N) is 4. The number of benzene rings is 3. The molecule has 0 unspecified atom stereocenters. The molecule has 23 heteroatoms. The molecule has 0 saturated heterocycles. The van der Waals surface area contributed by atoms with E-state index in [0.717, 1.165) is 47.8 Å². The van der Waals surface area contributed by atoms with Crippen LogP contribution in [0.1, 0.15) is 69.8 Å². The highest BCUT2D eigenvalue weighted by molar-refractivity contribution is 7.59. The van der Waals surface area contributed by atoms with E-state index >= 15 is 0 Å². The molecule has 0 bridgehead atoms. The van der Waals surface area contributed by atoms with Gasteiger partial charge in [-0.1, -0.05) is 55.3 Å². The van der Waals surface area contributed by atoms with Gasteiger partial charge >= 0.3 is 28.7 Å². The van der Waals surface area contributed by atoms with E-state index in [1.54, 1.807) is 47.3 Å². The zero-order valence-electron chi connectivity index (χ0n) is 35.6. The van der Waals surface area contributed by atoms with Gasteiger partial charge in [-0.3, -0.25) is 24.6 Å². The van der Waals surface area contributed by atoms with Crippen molar-refractivity contribution in [2.75, 3.05) is 38.0 Å². The molecule has 0 radical (unpaired) electrons. The van der Waals surface area contributed by atoms with Crippen LogP contribution >= 0.6 is 0 Å². The molecule has 350 valence electrons. The van der Waals surface area contributed by atoms with Gasteiger partial charge in [0, 0.05) is 44.1 Å². The first-order valence-corrected chi connectivity index (χ1v) is 21.0. The molecule has 0 spiro atoms. The highest BCUT2D eigenvalue weighted by Crippen LogP contribution is 2.26. The Hall–Kier alpha value is -7.69. The number of likely N-dealkylation sites (N-methyl/N-ethyl adjacent to an activating group) is 1. The molecule has 1 aliphatic rings. The molecule has 5 aromatic rings. The number of methoxy groups -OCH3 is 1. The van der Waals surface area contributed by atoms with Gasteiger partial charge in [0.1, 0.15) is 17.7 Å². The van der Waals surface area contributed by atoms with Gasteiger partial charge in [-0.2, -0.15) is 18.3 Å². The van der Waals surface area contributed by atoms with Crippen LogP contribution in [0.25, 0.3) is 11.0 Å². The highest BCUT2D eigenvalue weighted by atomic mass is 32.2. The number of amides is 3. The number of ether oxygens (including phenoxy) is 1. The Morgan fingerprint density at radius 3 is 2.29 bits per heavy atom. The summed E-state index contributed by atoms with van der Waals surface area (Å²) in [6.45, 7) is 1.59. The number of para-hydroxylation sites is 2. The molecule has 6 rings (SSSR count). The van der Waals surface area contributed by atoms with E-state index in [9.17, 15) is 32.3 Å². The summed E-state index contributed by atoms with van der Waals surface area (Å²) in [5.41, 5.74) is 7.97. The zero-order chi connectivity index (χ0) is 48.2. The van der Waals surface area contributed by atoms with Crippen molar-refractivity contribution >= 4 is 69.0 Å². The monoisotopic (exact) mass is 937 g/mol. The number of hydrogen-bond acceptors (Lipinski definition) is 14. The van der Waals surface area contributed by atoms with Crippen LogP contribution < -0.4 is 16.1 Å². The van der Waals surface area contributed by atoms with E-state index in [0.29, 0.717) is 48.1 Å². The van der Waals surface area contributed by atoms with Crippen molar-refractivity contribution in [2.45, 2.75) is 57.4 Å². The molecule has 1 aliphatic heterocycles. The molecular weight excluding hydrogens is 892 g/mol. The third-order valence-electron chi connectivity index (χ3n) is 9.53. The number of H-pyrrole nitrogens is 1. The summed E-state index contributed by atoms with van der Waals surface area (Å²) < 4.78 is 61.9. The number of alkyl halides is 3. The van der Waals surface area contributed by atoms with Crippen LogP contribution in [0.5, 0.6) is 0 Å². The van der Waals surface area contributed by atoms with E-state index in [1.165, 1.54) is 13.3 Å². The van der Waals surface area contributed by atoms with E-state index in [4.69, 9.17) is 32.2 Å². The molecule has 3 heterocycles. The largest absolute Gasteiger partial charge is 0.490 e. The number of halogens is 3.